The molecule has 65 heavy (non-hydrogen) atoms. The second-order valence-corrected chi connectivity index (χ2v) is 21.6. The van der Waals surface area contributed by atoms with Crippen molar-refractivity contribution >= 4 is 0 Å². The highest BCUT2D eigenvalue weighted by Gasteiger charge is 2.73. The zero-order chi connectivity index (χ0) is 47.5. The first-order valence-corrected chi connectivity index (χ1v) is 24.0. The molecule has 3 heterocycles. The van der Waals surface area contributed by atoms with Crippen LogP contribution in [0.1, 0.15) is 86.0 Å². The average molecular weight is 937 g/mol. The summed E-state index contributed by atoms with van der Waals surface area (Å²) in [5, 5.41) is 123. The smallest absolute Gasteiger partial charge is 0.186 e. The molecular weight excluding hydrogens is 856 g/mol. The van der Waals surface area contributed by atoms with Crippen LogP contribution in [0.5, 0.6) is 0 Å². The summed E-state index contributed by atoms with van der Waals surface area (Å²) in [5.74, 6) is -1.52. The molecule has 3 aliphatic heterocycles. The first kappa shape index (κ1) is 52.1. The van der Waals surface area contributed by atoms with Gasteiger partial charge >= 0.3 is 0 Å². The Bertz CT molecular complexity index is 1550. The Balaban J connectivity index is 0.893. The SMILES string of the molecule is CO[C@@H]1[C@@H](O)[C@H](O[C@@H]2CO[C@@H](O[C@@H]3CO[C@@H](OCC[C@@H](CC[C@@H](C)[C@H]4[C@@H](O)[C@@H](O)[C@@H]5[C@]4(C)CC[C@@H]4[C@@]6(C)CC[C@H](O)[C@H](O)[C@@H]6[C@@H](O)C[C@]45O)C(C)C)[C@H](O)[C@H]3O)[C@H](O)[C@H]2OC)OC[C@H]1O. The maximum Gasteiger partial charge on any atom is 0.186 e. The molecule has 0 amide bonds. The van der Waals surface area contributed by atoms with E-state index in [1.165, 1.54) is 14.2 Å². The molecule has 0 aromatic heterocycles. The largest absolute Gasteiger partial charge is 0.393 e. The summed E-state index contributed by atoms with van der Waals surface area (Å²) >= 11 is 0. The van der Waals surface area contributed by atoms with Gasteiger partial charge in [-0.2, -0.15) is 0 Å². The Morgan fingerprint density at radius 1 is 0.585 bits per heavy atom. The fourth-order valence-corrected chi connectivity index (χ4v) is 14.3. The summed E-state index contributed by atoms with van der Waals surface area (Å²) in [5.41, 5.74) is -2.73. The lowest BCUT2D eigenvalue weighted by Crippen LogP contribution is -2.71. The van der Waals surface area contributed by atoms with Gasteiger partial charge in [0.1, 0.15) is 54.9 Å². The van der Waals surface area contributed by atoms with E-state index in [2.05, 4.69) is 27.7 Å². The maximum absolute atomic E-state index is 12.7. The van der Waals surface area contributed by atoms with Crippen molar-refractivity contribution < 1.29 is 94.1 Å². The predicted molar refractivity (Wildman–Crippen MR) is 226 cm³/mol. The molecule has 19 nitrogen and oxygen atoms in total. The molecule has 3 saturated heterocycles. The molecule has 0 bridgehead atoms. The molecule has 0 aromatic rings. The molecule has 0 unspecified atom stereocenters. The highest BCUT2D eigenvalue weighted by Crippen LogP contribution is 2.70. The van der Waals surface area contributed by atoms with Crippen molar-refractivity contribution in [2.45, 2.75) is 196 Å². The summed E-state index contributed by atoms with van der Waals surface area (Å²) in [6, 6.07) is 0. The van der Waals surface area contributed by atoms with Gasteiger partial charge in [-0.15, -0.1) is 0 Å². The van der Waals surface area contributed by atoms with E-state index in [1.807, 2.05) is 6.92 Å². The van der Waals surface area contributed by atoms with Gasteiger partial charge in [0.15, 0.2) is 18.9 Å². The second kappa shape index (κ2) is 20.5. The van der Waals surface area contributed by atoms with E-state index in [9.17, 15) is 56.2 Å². The van der Waals surface area contributed by atoms with Crippen LogP contribution in [-0.2, 0) is 37.9 Å². The van der Waals surface area contributed by atoms with Gasteiger partial charge in [-0.25, -0.2) is 0 Å². The number of fused-ring (bicyclic) bond motifs is 5. The molecule has 26 atom stereocenters. The van der Waals surface area contributed by atoms with Crippen molar-refractivity contribution in [1.29, 1.82) is 0 Å². The van der Waals surface area contributed by atoms with E-state index in [-0.39, 0.29) is 62.4 Å². The molecule has 7 fully saturated rings. The van der Waals surface area contributed by atoms with E-state index >= 15 is 0 Å². The van der Waals surface area contributed by atoms with Crippen LogP contribution in [0.25, 0.3) is 0 Å². The number of aliphatic hydroxyl groups is 11. The van der Waals surface area contributed by atoms with Crippen molar-refractivity contribution in [3.05, 3.63) is 0 Å². The minimum Gasteiger partial charge on any atom is -0.393 e. The van der Waals surface area contributed by atoms with E-state index in [0.717, 1.165) is 12.8 Å². The molecule has 0 aromatic carbocycles. The third kappa shape index (κ3) is 9.47. The lowest BCUT2D eigenvalue weighted by Gasteiger charge is -2.66. The molecule has 7 rings (SSSR count). The molecule has 378 valence electrons. The van der Waals surface area contributed by atoms with Crippen molar-refractivity contribution in [2.24, 2.45) is 52.3 Å². The van der Waals surface area contributed by atoms with Crippen LogP contribution in [0, 0.1) is 52.3 Å². The molecule has 11 N–H and O–H groups in total. The molecule has 19 heteroatoms. The van der Waals surface area contributed by atoms with Crippen LogP contribution in [0.3, 0.4) is 0 Å². The summed E-state index contributed by atoms with van der Waals surface area (Å²) in [6.45, 7) is 10.1. The minimum atomic E-state index is -1.49. The van der Waals surface area contributed by atoms with Crippen molar-refractivity contribution in [3.8, 4) is 0 Å². The molecule has 4 aliphatic carbocycles. The van der Waals surface area contributed by atoms with Gasteiger partial charge in [-0.05, 0) is 78.9 Å². The Morgan fingerprint density at radius 3 is 1.85 bits per heavy atom. The van der Waals surface area contributed by atoms with Crippen molar-refractivity contribution in [1.82, 2.24) is 0 Å². The Hall–Kier alpha value is -0.760. The molecule has 0 spiro atoms. The number of rotatable bonds is 15. The number of hydrogen-bond donors (Lipinski definition) is 11. The van der Waals surface area contributed by atoms with Crippen molar-refractivity contribution in [2.75, 3.05) is 40.6 Å². The highest BCUT2D eigenvalue weighted by atomic mass is 16.8. The van der Waals surface area contributed by atoms with E-state index in [0.29, 0.717) is 32.1 Å². The van der Waals surface area contributed by atoms with E-state index < -0.39 is 133 Å². The average Bonchev–Trinajstić information content (AvgIpc) is 3.46. The van der Waals surface area contributed by atoms with Crippen LogP contribution in [0.4, 0.5) is 0 Å². The standard InChI is InChI=1S/C46H80O19/c1-20(2)22(9-8-21(3)29-33(52)34(53)40-45(29,5)14-11-28-44(4)13-10-23(47)31(50)30(44)24(48)16-46(28,40)57)12-15-60-41-35(54)32(51)26(18-62-41)64-43-37(56)39(59-7)27(19-63-43)65-42-36(55)38(58-6)25(49)17-61-42/h20-43,47-57H,8-19H2,1-7H3/t21-,22-,23+,24+,25-,26-,27-,28-,29+,30+,31+,32+,33-,34-,35-,36-,37-,38+,39+,40-,41-,42+,43+,44-,45-,46+/m1/s1. The van der Waals surface area contributed by atoms with Crippen LogP contribution >= 0.6 is 0 Å². The Kier molecular flexibility index (Phi) is 16.4. The molecule has 7 aliphatic rings. The van der Waals surface area contributed by atoms with Gasteiger partial charge in [0.05, 0.1) is 62.5 Å². The number of methoxy groups -OCH3 is 2. The fourth-order valence-electron chi connectivity index (χ4n) is 14.3. The summed E-state index contributed by atoms with van der Waals surface area (Å²) in [7, 11) is 2.70. The van der Waals surface area contributed by atoms with Gasteiger partial charge in [0.25, 0.3) is 0 Å². The van der Waals surface area contributed by atoms with Crippen LogP contribution in [0.2, 0.25) is 0 Å². The Morgan fingerprint density at radius 2 is 1.18 bits per heavy atom. The Labute approximate surface area is 382 Å². The van der Waals surface area contributed by atoms with Gasteiger partial charge in [-0.1, -0.05) is 41.0 Å². The second-order valence-electron chi connectivity index (χ2n) is 21.6. The van der Waals surface area contributed by atoms with Crippen LogP contribution in [-0.4, -0.2) is 207 Å². The predicted octanol–water partition coefficient (Wildman–Crippen LogP) is -1.23. The molecular formula is C46H80O19. The molecule has 0 radical (unpaired) electrons. The monoisotopic (exact) mass is 937 g/mol. The third-order valence-electron chi connectivity index (χ3n) is 17.6. The van der Waals surface area contributed by atoms with Gasteiger partial charge < -0.3 is 94.1 Å². The summed E-state index contributed by atoms with van der Waals surface area (Å²) in [6.07, 6.45) is -15.5. The number of hydrogen-bond acceptors (Lipinski definition) is 19. The highest BCUT2D eigenvalue weighted by molar-refractivity contribution is 5.22. The normalized spacial score (nSPS) is 52.4. The summed E-state index contributed by atoms with van der Waals surface area (Å²) in [4.78, 5) is 0. The lowest BCUT2D eigenvalue weighted by atomic mass is 9.41. The van der Waals surface area contributed by atoms with Crippen LogP contribution < -0.4 is 0 Å². The topological polar surface area (TPSA) is 296 Å². The first-order valence-electron chi connectivity index (χ1n) is 24.0. The summed E-state index contributed by atoms with van der Waals surface area (Å²) < 4.78 is 45.5. The van der Waals surface area contributed by atoms with E-state index in [1.54, 1.807) is 0 Å². The van der Waals surface area contributed by atoms with Gasteiger partial charge in [0.2, 0.25) is 0 Å². The quantitative estimate of drug-likeness (QED) is 0.0917. The number of ether oxygens (including phenoxy) is 8. The zero-order valence-electron chi connectivity index (χ0n) is 39.0. The van der Waals surface area contributed by atoms with Gasteiger partial charge in [-0.3, -0.25) is 0 Å². The molecule has 4 saturated carbocycles. The van der Waals surface area contributed by atoms with Crippen molar-refractivity contribution in [3.63, 3.8) is 0 Å². The van der Waals surface area contributed by atoms with Crippen LogP contribution in [0.15, 0.2) is 0 Å². The number of aliphatic hydroxyl groups excluding tert-OH is 10. The zero-order valence-corrected chi connectivity index (χ0v) is 39.0. The third-order valence-corrected chi connectivity index (χ3v) is 17.6. The van der Waals surface area contributed by atoms with E-state index in [4.69, 9.17) is 37.9 Å². The fraction of sp³-hybridized carbons (Fsp3) is 1.00. The minimum absolute atomic E-state index is 0.0299. The maximum atomic E-state index is 12.7. The van der Waals surface area contributed by atoms with Gasteiger partial charge in [0, 0.05) is 32.5 Å². The first-order chi connectivity index (χ1) is 30.6. The lowest BCUT2D eigenvalue weighted by molar-refractivity contribution is -0.351.